The van der Waals surface area contributed by atoms with Gasteiger partial charge in [0.15, 0.2) is 0 Å². The summed E-state index contributed by atoms with van der Waals surface area (Å²) >= 11 is 0. The van der Waals surface area contributed by atoms with Crippen molar-refractivity contribution in [2.24, 2.45) is 0 Å². The van der Waals surface area contributed by atoms with Gasteiger partial charge in [0.25, 0.3) is 0 Å². The van der Waals surface area contributed by atoms with Gasteiger partial charge in [-0.15, -0.1) is 0 Å². The first-order chi connectivity index (χ1) is 10.0. The Balaban J connectivity index is 0. The van der Waals surface area contributed by atoms with Crippen LogP contribution in [0.1, 0.15) is 65.7 Å². The fourth-order valence-electron chi connectivity index (χ4n) is 1.54. The molecule has 0 bridgehead atoms. The van der Waals surface area contributed by atoms with E-state index in [1.54, 1.807) is 0 Å². The largest absolute Gasteiger partial charge is 0.356 e. The Labute approximate surface area is 129 Å². The minimum absolute atomic E-state index is 0.00390. The molecule has 6 nitrogen and oxygen atoms in total. The summed E-state index contributed by atoms with van der Waals surface area (Å²) in [5, 5.41) is 2.81. The number of Topliss-reactive ketones (excluding diaryl/α,β-unsaturated/α-hetero) is 1. The van der Waals surface area contributed by atoms with E-state index in [1.807, 2.05) is 13.8 Å². The van der Waals surface area contributed by atoms with Crippen molar-refractivity contribution in [1.29, 1.82) is 0 Å². The molecule has 0 heterocycles. The fraction of sp³-hybridized carbons (Fsp3) is 0.857. The fourth-order valence-corrected chi connectivity index (χ4v) is 1.83. The van der Waals surface area contributed by atoms with Gasteiger partial charge in [0.1, 0.15) is 5.78 Å². The lowest BCUT2D eigenvalue weighted by atomic mass is 10.2. The number of hydrogen-bond acceptors (Lipinski definition) is 5. The van der Waals surface area contributed by atoms with Gasteiger partial charge in [-0.2, -0.15) is 0 Å². The first-order valence-corrected chi connectivity index (χ1v) is 8.76. The third-order valence-electron chi connectivity index (χ3n) is 2.53. The molecule has 21 heavy (non-hydrogen) atoms. The van der Waals surface area contributed by atoms with E-state index in [4.69, 9.17) is 9.79 Å². The molecule has 0 rings (SSSR count). The van der Waals surface area contributed by atoms with Crippen LogP contribution in [0.15, 0.2) is 0 Å². The summed E-state index contributed by atoms with van der Waals surface area (Å²) in [6, 6.07) is 0. The summed E-state index contributed by atoms with van der Waals surface area (Å²) in [6.07, 6.45) is 5.06. The van der Waals surface area contributed by atoms with Gasteiger partial charge in [-0.25, -0.2) is 0 Å². The summed E-state index contributed by atoms with van der Waals surface area (Å²) < 4.78 is 4.63. The van der Waals surface area contributed by atoms with E-state index in [-0.39, 0.29) is 11.7 Å². The molecule has 0 unspecified atom stereocenters. The molecule has 0 aliphatic heterocycles. The van der Waals surface area contributed by atoms with Gasteiger partial charge in [-0.05, 0) is 26.2 Å². The molecule has 0 aromatic carbocycles. The lowest BCUT2D eigenvalue weighted by Crippen LogP contribution is -2.24. The summed E-state index contributed by atoms with van der Waals surface area (Å²) in [5.74, 6) is 0.111. The third kappa shape index (κ3) is 21.9. The van der Waals surface area contributed by atoms with E-state index < -0.39 is 8.60 Å². The molecule has 7 heteroatoms. The van der Waals surface area contributed by atoms with Crippen molar-refractivity contribution in [2.45, 2.75) is 65.7 Å². The molecular formula is C14H30NO5P. The molecule has 1 amide bonds. The molecule has 0 aliphatic carbocycles. The highest BCUT2D eigenvalue weighted by Gasteiger charge is 2.02. The zero-order valence-electron chi connectivity index (χ0n) is 13.4. The van der Waals surface area contributed by atoms with Crippen LogP contribution in [0, 0.1) is 0 Å². The molecule has 0 radical (unpaired) electrons. The zero-order chi connectivity index (χ0) is 16.5. The molecule has 0 saturated carbocycles. The van der Waals surface area contributed by atoms with Crippen LogP contribution in [0.3, 0.4) is 0 Å². The van der Waals surface area contributed by atoms with E-state index in [0.29, 0.717) is 32.4 Å². The average molecular weight is 323 g/mol. The van der Waals surface area contributed by atoms with Gasteiger partial charge in [0, 0.05) is 19.4 Å². The second-order valence-electron chi connectivity index (χ2n) is 4.41. The van der Waals surface area contributed by atoms with E-state index >= 15 is 0 Å². The minimum atomic E-state index is -2.23. The SMILES string of the molecule is CC.CC(=O)CCCC(=O)NCCCCCCOP(O)O. The molecule has 0 aromatic heterocycles. The second-order valence-corrected chi connectivity index (χ2v) is 5.17. The van der Waals surface area contributed by atoms with E-state index in [0.717, 1.165) is 25.7 Å². The summed E-state index contributed by atoms with van der Waals surface area (Å²) in [5.41, 5.74) is 0. The molecule has 126 valence electrons. The standard InChI is InChI=1S/C12H24NO5P.C2H6/c1-11(14)7-6-8-12(15)13-9-4-2-3-5-10-18-19(16)17;1-2/h16-17H,2-10H2,1H3,(H,13,15);1-2H3. The predicted octanol–water partition coefficient (Wildman–Crippen LogP) is 2.68. The maximum Gasteiger partial charge on any atom is 0.327 e. The Morgan fingerprint density at radius 3 is 2.19 bits per heavy atom. The highest BCUT2D eigenvalue weighted by Crippen LogP contribution is 2.24. The Morgan fingerprint density at radius 2 is 1.62 bits per heavy atom. The first kappa shape index (κ1) is 22.7. The Hall–Kier alpha value is -0.550. The predicted molar refractivity (Wildman–Crippen MR) is 84.7 cm³/mol. The molecule has 0 fully saturated rings. The number of hydrogen-bond donors (Lipinski definition) is 3. The summed E-state index contributed by atoms with van der Waals surface area (Å²) in [7, 11) is -2.23. The van der Waals surface area contributed by atoms with Crippen LogP contribution < -0.4 is 5.32 Å². The number of ketones is 1. The van der Waals surface area contributed by atoms with E-state index in [1.165, 1.54) is 6.92 Å². The first-order valence-electron chi connectivity index (χ1n) is 7.59. The highest BCUT2D eigenvalue weighted by atomic mass is 31.2. The summed E-state index contributed by atoms with van der Waals surface area (Å²) in [6.45, 7) is 6.53. The van der Waals surface area contributed by atoms with Crippen LogP contribution in [-0.2, 0) is 14.1 Å². The van der Waals surface area contributed by atoms with Crippen LogP contribution in [0.2, 0.25) is 0 Å². The molecule has 0 atom stereocenters. The normalized spacial score (nSPS) is 10.0. The highest BCUT2D eigenvalue weighted by molar-refractivity contribution is 7.39. The van der Waals surface area contributed by atoms with Crippen molar-refractivity contribution in [2.75, 3.05) is 13.2 Å². The van der Waals surface area contributed by atoms with Crippen LogP contribution >= 0.6 is 8.60 Å². The number of rotatable bonds is 12. The van der Waals surface area contributed by atoms with E-state index in [2.05, 4.69) is 9.84 Å². The number of nitrogens with one attached hydrogen (secondary N) is 1. The number of amides is 1. The van der Waals surface area contributed by atoms with Crippen LogP contribution in [0.25, 0.3) is 0 Å². The van der Waals surface area contributed by atoms with Gasteiger partial charge in [0.05, 0.1) is 6.61 Å². The quantitative estimate of drug-likeness (QED) is 0.379. The monoisotopic (exact) mass is 323 g/mol. The van der Waals surface area contributed by atoms with Crippen LogP contribution in [-0.4, -0.2) is 34.6 Å². The molecule has 0 aromatic rings. The molecule has 3 N–H and O–H groups in total. The van der Waals surface area contributed by atoms with Crippen molar-refractivity contribution in [1.82, 2.24) is 5.32 Å². The topological polar surface area (TPSA) is 95.9 Å². The van der Waals surface area contributed by atoms with Gasteiger partial charge < -0.3 is 24.4 Å². The Morgan fingerprint density at radius 1 is 1.00 bits per heavy atom. The molecule has 0 spiro atoms. The number of unbranched alkanes of at least 4 members (excludes halogenated alkanes) is 3. The van der Waals surface area contributed by atoms with E-state index in [9.17, 15) is 9.59 Å². The molecule has 0 aliphatic rings. The third-order valence-corrected chi connectivity index (χ3v) is 2.95. The number of carbonyl (C=O) groups is 2. The minimum Gasteiger partial charge on any atom is -0.356 e. The zero-order valence-corrected chi connectivity index (χ0v) is 14.3. The van der Waals surface area contributed by atoms with Crippen molar-refractivity contribution in [3.8, 4) is 0 Å². The van der Waals surface area contributed by atoms with Gasteiger partial charge in [-0.1, -0.05) is 26.7 Å². The van der Waals surface area contributed by atoms with Gasteiger partial charge >= 0.3 is 8.60 Å². The maximum atomic E-state index is 11.3. The average Bonchev–Trinajstić information content (AvgIpc) is 2.43. The lowest BCUT2D eigenvalue weighted by molar-refractivity contribution is -0.121. The van der Waals surface area contributed by atoms with Gasteiger partial charge in [-0.3, -0.25) is 4.79 Å². The number of carbonyl (C=O) groups excluding carboxylic acids is 2. The Bertz CT molecular complexity index is 262. The van der Waals surface area contributed by atoms with Crippen LogP contribution in [0.5, 0.6) is 0 Å². The lowest BCUT2D eigenvalue weighted by Gasteiger charge is -2.05. The van der Waals surface area contributed by atoms with Crippen molar-refractivity contribution >= 4 is 20.3 Å². The van der Waals surface area contributed by atoms with Crippen molar-refractivity contribution in [3.05, 3.63) is 0 Å². The van der Waals surface area contributed by atoms with Gasteiger partial charge in [0.2, 0.25) is 5.91 Å². The maximum absolute atomic E-state index is 11.3. The van der Waals surface area contributed by atoms with Crippen molar-refractivity contribution in [3.63, 3.8) is 0 Å². The molecule has 0 saturated heterocycles. The Kier molecular flexibility index (Phi) is 18.9. The van der Waals surface area contributed by atoms with Crippen LogP contribution in [0.4, 0.5) is 0 Å². The second kappa shape index (κ2) is 17.5. The summed E-state index contributed by atoms with van der Waals surface area (Å²) in [4.78, 5) is 39.0. The molecular weight excluding hydrogens is 293 g/mol. The van der Waals surface area contributed by atoms with Crippen molar-refractivity contribution < 1.29 is 23.9 Å². The smallest absolute Gasteiger partial charge is 0.327 e.